The summed E-state index contributed by atoms with van der Waals surface area (Å²) in [6, 6.07) is 4.67. The molecule has 1 aromatic carbocycles. The molecule has 0 bridgehead atoms. The molecule has 8 heteroatoms. The number of aliphatic hydroxyl groups excluding tert-OH is 1. The SMILES string of the molecule is CN(CC(=O)O)[C@@H]1CN(C(=O)c2cccc3c2OCO3)C[C@H]1O. The number of rotatable bonds is 4. The van der Waals surface area contributed by atoms with Gasteiger partial charge in [-0.3, -0.25) is 14.5 Å². The van der Waals surface area contributed by atoms with E-state index >= 15 is 0 Å². The fourth-order valence-electron chi connectivity index (χ4n) is 2.97. The Hall–Kier alpha value is -2.32. The Bertz CT molecular complexity index is 634. The van der Waals surface area contributed by atoms with Crippen molar-refractivity contribution in [2.45, 2.75) is 12.1 Å². The molecule has 1 saturated heterocycles. The number of carboxylic acids is 1. The predicted octanol–water partition coefficient (Wildman–Crippen LogP) is -0.383. The molecule has 0 aromatic heterocycles. The maximum atomic E-state index is 12.7. The van der Waals surface area contributed by atoms with Crippen LogP contribution < -0.4 is 9.47 Å². The fraction of sp³-hybridized carbons (Fsp3) is 0.467. The molecule has 2 aliphatic rings. The Morgan fingerprint density at radius 3 is 2.87 bits per heavy atom. The van der Waals surface area contributed by atoms with Crippen LogP contribution in [-0.4, -0.2) is 77.5 Å². The number of ether oxygens (including phenoxy) is 2. The summed E-state index contributed by atoms with van der Waals surface area (Å²) in [5.41, 5.74) is 0.383. The van der Waals surface area contributed by atoms with E-state index in [2.05, 4.69) is 0 Å². The summed E-state index contributed by atoms with van der Waals surface area (Å²) in [5.74, 6) is -0.307. The summed E-state index contributed by atoms with van der Waals surface area (Å²) in [7, 11) is 1.62. The number of para-hydroxylation sites is 1. The van der Waals surface area contributed by atoms with Crippen molar-refractivity contribution in [2.24, 2.45) is 0 Å². The maximum absolute atomic E-state index is 12.7. The Balaban J connectivity index is 1.75. The molecular weight excluding hydrogens is 304 g/mol. The normalized spacial score (nSPS) is 22.7. The molecule has 0 saturated carbocycles. The number of hydrogen-bond donors (Lipinski definition) is 2. The molecule has 124 valence electrons. The second-order valence-corrected chi connectivity index (χ2v) is 5.69. The summed E-state index contributed by atoms with van der Waals surface area (Å²) in [4.78, 5) is 26.5. The number of aliphatic hydroxyl groups is 1. The number of β-amino-alcohol motifs (C(OH)–C–C–N with tert-alkyl or cyclic N) is 1. The van der Waals surface area contributed by atoms with Gasteiger partial charge in [-0.25, -0.2) is 0 Å². The minimum absolute atomic E-state index is 0.0756. The van der Waals surface area contributed by atoms with Gasteiger partial charge >= 0.3 is 5.97 Å². The molecule has 2 heterocycles. The quantitative estimate of drug-likeness (QED) is 0.779. The number of benzene rings is 1. The van der Waals surface area contributed by atoms with Crippen molar-refractivity contribution in [2.75, 3.05) is 33.5 Å². The van der Waals surface area contributed by atoms with Crippen molar-refractivity contribution in [3.05, 3.63) is 23.8 Å². The molecule has 0 radical (unpaired) electrons. The van der Waals surface area contributed by atoms with E-state index in [1.807, 2.05) is 0 Å². The highest BCUT2D eigenvalue weighted by atomic mass is 16.7. The molecule has 0 spiro atoms. The van der Waals surface area contributed by atoms with Crippen molar-refractivity contribution in [1.29, 1.82) is 0 Å². The van der Waals surface area contributed by atoms with Gasteiger partial charge in [0.2, 0.25) is 6.79 Å². The summed E-state index contributed by atoms with van der Waals surface area (Å²) >= 11 is 0. The zero-order valence-electron chi connectivity index (χ0n) is 12.6. The Kier molecular flexibility index (Phi) is 4.10. The highest BCUT2D eigenvalue weighted by Crippen LogP contribution is 2.36. The summed E-state index contributed by atoms with van der Waals surface area (Å²) in [6.07, 6.45) is -0.794. The molecule has 1 aromatic rings. The monoisotopic (exact) mass is 322 g/mol. The number of carboxylic acid groups (broad SMARTS) is 1. The van der Waals surface area contributed by atoms with E-state index in [0.717, 1.165) is 0 Å². The van der Waals surface area contributed by atoms with E-state index < -0.39 is 18.1 Å². The number of amides is 1. The highest BCUT2D eigenvalue weighted by molar-refractivity contribution is 5.98. The zero-order valence-corrected chi connectivity index (χ0v) is 12.6. The van der Waals surface area contributed by atoms with Crippen LogP contribution in [0.25, 0.3) is 0 Å². The van der Waals surface area contributed by atoms with E-state index in [9.17, 15) is 14.7 Å². The molecule has 1 fully saturated rings. The molecular formula is C15H18N2O6. The molecule has 1 amide bonds. The molecule has 0 aliphatic carbocycles. The molecule has 0 unspecified atom stereocenters. The summed E-state index contributed by atoms with van der Waals surface area (Å²) in [5, 5.41) is 19.0. The second-order valence-electron chi connectivity index (χ2n) is 5.69. The zero-order chi connectivity index (χ0) is 16.6. The maximum Gasteiger partial charge on any atom is 0.317 e. The topological polar surface area (TPSA) is 99.5 Å². The summed E-state index contributed by atoms with van der Waals surface area (Å²) < 4.78 is 10.6. The van der Waals surface area contributed by atoms with Crippen LogP contribution in [-0.2, 0) is 4.79 Å². The van der Waals surface area contributed by atoms with Crippen LogP contribution in [0.15, 0.2) is 18.2 Å². The van der Waals surface area contributed by atoms with Crippen LogP contribution in [0.5, 0.6) is 11.5 Å². The number of carbonyl (C=O) groups excluding carboxylic acids is 1. The lowest BCUT2D eigenvalue weighted by Gasteiger charge is -2.24. The van der Waals surface area contributed by atoms with Gasteiger partial charge in [-0.1, -0.05) is 6.07 Å². The van der Waals surface area contributed by atoms with Crippen LogP contribution in [0.4, 0.5) is 0 Å². The largest absolute Gasteiger partial charge is 0.480 e. The van der Waals surface area contributed by atoms with Gasteiger partial charge in [-0.2, -0.15) is 0 Å². The first kappa shape index (κ1) is 15.6. The van der Waals surface area contributed by atoms with Crippen LogP contribution >= 0.6 is 0 Å². The third kappa shape index (κ3) is 2.95. The first-order valence-electron chi connectivity index (χ1n) is 7.25. The van der Waals surface area contributed by atoms with Gasteiger partial charge in [0, 0.05) is 13.1 Å². The second kappa shape index (κ2) is 6.05. The van der Waals surface area contributed by atoms with Crippen LogP contribution in [0.1, 0.15) is 10.4 Å². The third-order valence-electron chi connectivity index (χ3n) is 4.12. The molecule has 2 atom stereocenters. The predicted molar refractivity (Wildman–Crippen MR) is 78.5 cm³/mol. The Morgan fingerprint density at radius 2 is 2.13 bits per heavy atom. The van der Waals surface area contributed by atoms with E-state index in [-0.39, 0.29) is 32.3 Å². The standard InChI is InChI=1S/C15H18N2O6/c1-16(7-13(19)20)10-5-17(6-11(10)18)15(21)9-3-2-4-12-14(9)23-8-22-12/h2-4,10-11,18H,5-8H2,1H3,(H,19,20)/t10-,11-/m1/s1. The van der Waals surface area contributed by atoms with E-state index in [1.165, 1.54) is 9.80 Å². The minimum Gasteiger partial charge on any atom is -0.480 e. The van der Waals surface area contributed by atoms with Crippen molar-refractivity contribution >= 4 is 11.9 Å². The number of fused-ring (bicyclic) bond motifs is 1. The smallest absolute Gasteiger partial charge is 0.317 e. The van der Waals surface area contributed by atoms with E-state index in [0.29, 0.717) is 17.1 Å². The first-order chi connectivity index (χ1) is 11.0. The van der Waals surface area contributed by atoms with Gasteiger partial charge in [0.25, 0.3) is 5.91 Å². The number of nitrogens with zero attached hydrogens (tertiary/aromatic N) is 2. The van der Waals surface area contributed by atoms with Crippen molar-refractivity contribution < 1.29 is 29.3 Å². The first-order valence-corrected chi connectivity index (χ1v) is 7.25. The molecule has 2 aliphatic heterocycles. The van der Waals surface area contributed by atoms with E-state index in [1.54, 1.807) is 25.2 Å². The van der Waals surface area contributed by atoms with Crippen molar-refractivity contribution in [3.63, 3.8) is 0 Å². The van der Waals surface area contributed by atoms with Gasteiger partial charge in [0.15, 0.2) is 11.5 Å². The molecule has 8 nitrogen and oxygen atoms in total. The fourth-order valence-corrected chi connectivity index (χ4v) is 2.97. The van der Waals surface area contributed by atoms with Gasteiger partial charge in [-0.05, 0) is 19.2 Å². The van der Waals surface area contributed by atoms with Gasteiger partial charge < -0.3 is 24.6 Å². The number of hydrogen-bond acceptors (Lipinski definition) is 6. The van der Waals surface area contributed by atoms with Gasteiger partial charge in [0.05, 0.1) is 24.3 Å². The van der Waals surface area contributed by atoms with Crippen molar-refractivity contribution in [1.82, 2.24) is 9.80 Å². The number of carbonyl (C=O) groups is 2. The van der Waals surface area contributed by atoms with Crippen molar-refractivity contribution in [3.8, 4) is 11.5 Å². The van der Waals surface area contributed by atoms with Crippen LogP contribution in [0.2, 0.25) is 0 Å². The highest BCUT2D eigenvalue weighted by Gasteiger charge is 2.38. The molecule has 3 rings (SSSR count). The lowest BCUT2D eigenvalue weighted by atomic mass is 10.1. The molecule has 2 N–H and O–H groups in total. The van der Waals surface area contributed by atoms with Gasteiger partial charge in [0.1, 0.15) is 0 Å². The Morgan fingerprint density at radius 1 is 1.35 bits per heavy atom. The number of aliphatic carboxylic acids is 1. The third-order valence-corrected chi connectivity index (χ3v) is 4.12. The van der Waals surface area contributed by atoms with Crippen LogP contribution in [0, 0.1) is 0 Å². The average molecular weight is 322 g/mol. The van der Waals surface area contributed by atoms with Gasteiger partial charge in [-0.15, -0.1) is 0 Å². The van der Waals surface area contributed by atoms with E-state index in [4.69, 9.17) is 14.6 Å². The summed E-state index contributed by atoms with van der Waals surface area (Å²) in [6.45, 7) is 0.292. The molecule has 23 heavy (non-hydrogen) atoms. The minimum atomic E-state index is -0.976. The average Bonchev–Trinajstić information content (AvgIpc) is 3.11. The number of likely N-dealkylation sites (N-methyl/N-ethyl adjacent to an activating group) is 1. The number of likely N-dealkylation sites (tertiary alicyclic amines) is 1. The van der Waals surface area contributed by atoms with Crippen LogP contribution in [0.3, 0.4) is 0 Å². The lowest BCUT2D eigenvalue weighted by molar-refractivity contribution is -0.138. The lowest BCUT2D eigenvalue weighted by Crippen LogP contribution is -2.43. The Labute approximate surface area is 132 Å².